The Morgan fingerprint density at radius 1 is 1.22 bits per heavy atom. The molecule has 0 fully saturated rings. The van der Waals surface area contributed by atoms with Gasteiger partial charge in [0.15, 0.2) is 0 Å². The highest BCUT2D eigenvalue weighted by Gasteiger charge is 2.25. The van der Waals surface area contributed by atoms with Crippen molar-refractivity contribution in [1.29, 1.82) is 0 Å². The molecule has 146 valence electrons. The van der Waals surface area contributed by atoms with Crippen LogP contribution in [-0.4, -0.2) is 38.9 Å². The molecule has 0 spiro atoms. The topological polar surface area (TPSA) is 97.0 Å². The van der Waals surface area contributed by atoms with Crippen LogP contribution in [0.5, 0.6) is 0 Å². The Morgan fingerprint density at radius 3 is 2.52 bits per heavy atom. The number of rotatable bonds is 9. The molecule has 3 N–H and O–H groups in total. The minimum Gasteiger partial charge on any atom is -0.370 e. The standard InChI is InChI=1S/C19H26N4O3S/c1-4-17(21-14-22-20)13-26-23(3)27(24,25)19-8-6-5-7-18(19)16-11-9-15(2)10-12-16/h5-12,14,17H,4,13,20H2,1-3H3,(H,21,22). The second-order valence-corrected chi connectivity index (χ2v) is 8.03. The van der Waals surface area contributed by atoms with E-state index >= 15 is 0 Å². The van der Waals surface area contributed by atoms with Crippen LogP contribution >= 0.6 is 0 Å². The zero-order chi connectivity index (χ0) is 19.9. The number of hydrazone groups is 1. The second-order valence-electron chi connectivity index (χ2n) is 6.12. The van der Waals surface area contributed by atoms with Crippen molar-refractivity contribution in [2.75, 3.05) is 13.7 Å². The monoisotopic (exact) mass is 390 g/mol. The molecule has 8 heteroatoms. The van der Waals surface area contributed by atoms with Crippen LogP contribution in [0.4, 0.5) is 0 Å². The van der Waals surface area contributed by atoms with E-state index in [-0.39, 0.29) is 17.5 Å². The normalized spacial score (nSPS) is 13.2. The van der Waals surface area contributed by atoms with E-state index in [0.717, 1.165) is 22.0 Å². The predicted molar refractivity (Wildman–Crippen MR) is 107 cm³/mol. The maximum atomic E-state index is 13.0. The fourth-order valence-electron chi connectivity index (χ4n) is 2.50. The molecule has 0 saturated carbocycles. The number of benzene rings is 2. The lowest BCUT2D eigenvalue weighted by Crippen LogP contribution is -2.37. The molecule has 0 radical (unpaired) electrons. The molecule has 27 heavy (non-hydrogen) atoms. The van der Waals surface area contributed by atoms with Gasteiger partial charge in [0.2, 0.25) is 0 Å². The van der Waals surface area contributed by atoms with E-state index in [1.165, 1.54) is 13.4 Å². The number of nitrogens with one attached hydrogen (secondary N) is 1. The molecule has 0 aliphatic heterocycles. The van der Waals surface area contributed by atoms with Gasteiger partial charge in [0.05, 0.1) is 17.5 Å². The summed E-state index contributed by atoms with van der Waals surface area (Å²) in [4.78, 5) is 5.70. The number of hydroxylamine groups is 1. The van der Waals surface area contributed by atoms with Gasteiger partial charge < -0.3 is 11.2 Å². The molecule has 0 aromatic heterocycles. The molecular weight excluding hydrogens is 364 g/mol. The molecule has 0 aliphatic rings. The lowest BCUT2D eigenvalue weighted by atomic mass is 10.0. The van der Waals surface area contributed by atoms with Gasteiger partial charge in [-0.1, -0.05) is 59.4 Å². The fourth-order valence-corrected chi connectivity index (χ4v) is 3.69. The quantitative estimate of drug-likeness (QED) is 0.297. The SMILES string of the molecule is CCC(CON(C)S(=O)(=O)c1ccccc1-c1ccc(C)cc1)NC=NN. The summed E-state index contributed by atoms with van der Waals surface area (Å²) in [6, 6.07) is 14.5. The first-order valence-electron chi connectivity index (χ1n) is 8.65. The third-order valence-corrected chi connectivity index (χ3v) is 5.90. The number of nitrogens with two attached hydrogens (primary N) is 1. The Kier molecular flexibility index (Phi) is 7.35. The molecule has 2 aromatic rings. The Bertz CT molecular complexity index is 867. The number of hydrogen-bond acceptors (Lipinski definition) is 5. The molecule has 1 unspecified atom stereocenters. The van der Waals surface area contributed by atoms with Crippen LogP contribution in [0.2, 0.25) is 0 Å². The molecule has 0 heterocycles. The van der Waals surface area contributed by atoms with E-state index in [1.54, 1.807) is 18.2 Å². The first-order chi connectivity index (χ1) is 12.9. The minimum absolute atomic E-state index is 0.109. The fraction of sp³-hybridized carbons (Fsp3) is 0.316. The van der Waals surface area contributed by atoms with E-state index < -0.39 is 10.0 Å². The second kappa shape index (κ2) is 9.50. The molecule has 0 bridgehead atoms. The number of sulfonamides is 1. The summed E-state index contributed by atoms with van der Waals surface area (Å²) in [6.45, 7) is 4.10. The zero-order valence-corrected chi connectivity index (χ0v) is 16.6. The minimum atomic E-state index is -3.83. The van der Waals surface area contributed by atoms with Gasteiger partial charge in [0, 0.05) is 12.6 Å². The molecular formula is C19H26N4O3S. The van der Waals surface area contributed by atoms with Crippen LogP contribution in [0.3, 0.4) is 0 Å². The Balaban J connectivity index is 2.24. The summed E-state index contributed by atoms with van der Waals surface area (Å²) >= 11 is 0. The van der Waals surface area contributed by atoms with Crippen molar-refractivity contribution in [3.05, 3.63) is 54.1 Å². The van der Waals surface area contributed by atoms with Crippen LogP contribution < -0.4 is 11.2 Å². The maximum absolute atomic E-state index is 13.0. The van der Waals surface area contributed by atoms with Gasteiger partial charge in [-0.3, -0.25) is 4.84 Å². The summed E-state index contributed by atoms with van der Waals surface area (Å²) in [5.41, 5.74) is 2.58. The number of nitrogens with zero attached hydrogens (tertiary/aromatic N) is 2. The number of aryl methyl sites for hydroxylation is 1. The van der Waals surface area contributed by atoms with Gasteiger partial charge in [-0.2, -0.15) is 5.10 Å². The first kappa shape index (κ1) is 20.9. The van der Waals surface area contributed by atoms with Gasteiger partial charge in [-0.15, -0.1) is 0 Å². The average Bonchev–Trinajstić information content (AvgIpc) is 2.68. The Morgan fingerprint density at radius 2 is 1.89 bits per heavy atom. The van der Waals surface area contributed by atoms with E-state index in [4.69, 9.17) is 10.7 Å². The summed E-state index contributed by atoms with van der Waals surface area (Å²) in [5.74, 6) is 5.07. The van der Waals surface area contributed by atoms with Crippen molar-refractivity contribution in [3.63, 3.8) is 0 Å². The molecule has 2 rings (SSSR count). The highest BCUT2D eigenvalue weighted by molar-refractivity contribution is 7.89. The van der Waals surface area contributed by atoms with Crippen LogP contribution in [0, 0.1) is 6.92 Å². The van der Waals surface area contributed by atoms with Crippen molar-refractivity contribution in [2.24, 2.45) is 10.9 Å². The lowest BCUT2D eigenvalue weighted by Gasteiger charge is -2.22. The first-order valence-corrected chi connectivity index (χ1v) is 10.1. The van der Waals surface area contributed by atoms with Gasteiger partial charge in [-0.25, -0.2) is 8.42 Å². The maximum Gasteiger partial charge on any atom is 0.265 e. The van der Waals surface area contributed by atoms with Crippen LogP contribution in [0.1, 0.15) is 18.9 Å². The third-order valence-electron chi connectivity index (χ3n) is 4.20. The summed E-state index contributed by atoms with van der Waals surface area (Å²) in [7, 11) is -2.43. The average molecular weight is 391 g/mol. The molecule has 0 amide bonds. The summed E-state index contributed by atoms with van der Waals surface area (Å²) < 4.78 is 27.0. The Labute approximate surface area is 160 Å². The van der Waals surface area contributed by atoms with Crippen molar-refractivity contribution >= 4 is 16.4 Å². The zero-order valence-electron chi connectivity index (χ0n) is 15.8. The summed E-state index contributed by atoms with van der Waals surface area (Å²) in [6.07, 6.45) is 2.08. The van der Waals surface area contributed by atoms with E-state index in [9.17, 15) is 8.42 Å². The van der Waals surface area contributed by atoms with E-state index in [0.29, 0.717) is 5.56 Å². The van der Waals surface area contributed by atoms with Crippen molar-refractivity contribution in [1.82, 2.24) is 9.79 Å². The Hall–Kier alpha value is -2.42. The molecule has 7 nitrogen and oxygen atoms in total. The van der Waals surface area contributed by atoms with Crippen LogP contribution in [0.15, 0.2) is 58.5 Å². The smallest absolute Gasteiger partial charge is 0.265 e. The van der Waals surface area contributed by atoms with Crippen molar-refractivity contribution in [3.8, 4) is 11.1 Å². The molecule has 0 saturated heterocycles. The predicted octanol–water partition coefficient (Wildman–Crippen LogP) is 2.48. The van der Waals surface area contributed by atoms with Crippen molar-refractivity contribution < 1.29 is 13.3 Å². The lowest BCUT2D eigenvalue weighted by molar-refractivity contribution is -0.0724. The van der Waals surface area contributed by atoms with Gasteiger partial charge in [0.25, 0.3) is 10.0 Å². The molecule has 0 aliphatic carbocycles. The van der Waals surface area contributed by atoms with Gasteiger partial charge in [0.1, 0.15) is 6.34 Å². The van der Waals surface area contributed by atoms with Crippen molar-refractivity contribution in [2.45, 2.75) is 31.2 Å². The largest absolute Gasteiger partial charge is 0.370 e. The van der Waals surface area contributed by atoms with Crippen LogP contribution in [-0.2, 0) is 14.9 Å². The molecule has 2 aromatic carbocycles. The third kappa shape index (κ3) is 5.29. The number of hydrogen-bond donors (Lipinski definition) is 2. The summed E-state index contributed by atoms with van der Waals surface area (Å²) in [5, 5.41) is 6.32. The van der Waals surface area contributed by atoms with Crippen LogP contribution in [0.25, 0.3) is 11.1 Å². The van der Waals surface area contributed by atoms with E-state index in [1.807, 2.05) is 44.2 Å². The van der Waals surface area contributed by atoms with E-state index in [2.05, 4.69) is 10.4 Å². The van der Waals surface area contributed by atoms with Gasteiger partial charge >= 0.3 is 0 Å². The highest BCUT2D eigenvalue weighted by Crippen LogP contribution is 2.29. The van der Waals surface area contributed by atoms with Gasteiger partial charge in [-0.05, 0) is 25.0 Å². The molecule has 1 atom stereocenters. The highest BCUT2D eigenvalue weighted by atomic mass is 32.2.